The number of epoxide rings is 1. The first-order valence-electron chi connectivity index (χ1n) is 18.7. The van der Waals surface area contributed by atoms with Crippen LogP contribution in [0.15, 0.2) is 240 Å². The van der Waals surface area contributed by atoms with Crippen LogP contribution in [0, 0.1) is 0 Å². The monoisotopic (exact) mass is 746 g/mol. The molecular formula is C50H40N2OP2. The Morgan fingerprint density at radius 1 is 0.273 bits per heavy atom. The zero-order valence-corrected chi connectivity index (χ0v) is 32.1. The van der Waals surface area contributed by atoms with Crippen molar-refractivity contribution in [2.75, 3.05) is 0 Å². The maximum absolute atomic E-state index is 6.74. The van der Waals surface area contributed by atoms with Gasteiger partial charge < -0.3 is 4.74 Å². The Balaban J connectivity index is 1.21. The van der Waals surface area contributed by atoms with Gasteiger partial charge in [0.25, 0.3) is 0 Å². The minimum Gasteiger partial charge on any atom is -0.359 e. The summed E-state index contributed by atoms with van der Waals surface area (Å²) in [6.45, 7) is 0. The average molecular weight is 747 g/mol. The lowest BCUT2D eigenvalue weighted by Gasteiger charge is -2.27. The fraction of sp³-hybridized carbons (Fsp3) is 0.0400. The maximum Gasteiger partial charge on any atom is 0.116 e. The van der Waals surface area contributed by atoms with Crippen molar-refractivity contribution in [1.29, 1.82) is 0 Å². The van der Waals surface area contributed by atoms with Gasteiger partial charge in [0, 0.05) is 43.0 Å². The third-order valence-electron chi connectivity index (χ3n) is 10.3. The van der Waals surface area contributed by atoms with Gasteiger partial charge in [-0.05, 0) is 12.1 Å². The van der Waals surface area contributed by atoms with E-state index in [2.05, 4.69) is 231 Å². The molecule has 1 fully saturated rings. The van der Waals surface area contributed by atoms with Gasteiger partial charge in [-0.1, -0.05) is 218 Å². The van der Waals surface area contributed by atoms with E-state index in [0.29, 0.717) is 0 Å². The molecule has 1 saturated heterocycles. The third kappa shape index (κ3) is 6.66. The Morgan fingerprint density at radius 3 is 0.745 bits per heavy atom. The molecule has 0 spiro atoms. The Kier molecular flexibility index (Phi) is 9.84. The number of hydrogen-bond donors (Lipinski definition) is 0. The lowest BCUT2D eigenvalue weighted by Crippen LogP contribution is -2.25. The summed E-state index contributed by atoms with van der Waals surface area (Å²) in [5, 5.41) is 7.26. The Bertz CT molecular complexity index is 2240. The normalized spacial score (nSPS) is 15.2. The van der Waals surface area contributed by atoms with E-state index in [1.165, 1.54) is 31.8 Å². The second-order valence-corrected chi connectivity index (χ2v) is 19.6. The first-order chi connectivity index (χ1) is 27.3. The quantitative estimate of drug-likeness (QED) is 0.101. The van der Waals surface area contributed by atoms with Crippen LogP contribution in [0.2, 0.25) is 0 Å². The zero-order valence-electron chi connectivity index (χ0n) is 30.3. The summed E-state index contributed by atoms with van der Waals surface area (Å²) in [7, 11) is -4.98. The fourth-order valence-electron chi connectivity index (χ4n) is 7.65. The van der Waals surface area contributed by atoms with E-state index in [9.17, 15) is 0 Å². The molecule has 8 aromatic rings. The first kappa shape index (κ1) is 34.9. The van der Waals surface area contributed by atoms with Gasteiger partial charge in [0.15, 0.2) is 0 Å². The highest BCUT2D eigenvalue weighted by atomic mass is 31.2. The molecule has 0 aliphatic carbocycles. The van der Waals surface area contributed by atoms with Crippen LogP contribution in [0.25, 0.3) is 0 Å². The molecule has 0 amide bonds. The summed E-state index contributed by atoms with van der Waals surface area (Å²) in [5.74, 6) is 0. The van der Waals surface area contributed by atoms with E-state index >= 15 is 0 Å². The summed E-state index contributed by atoms with van der Waals surface area (Å²) in [5.41, 5.74) is 4.08. The van der Waals surface area contributed by atoms with Gasteiger partial charge in [-0.3, -0.25) is 9.49 Å². The van der Waals surface area contributed by atoms with Gasteiger partial charge in [-0.2, -0.15) is 0 Å². The van der Waals surface area contributed by atoms with E-state index in [0.717, 1.165) is 22.5 Å². The topological polar surface area (TPSA) is 37.2 Å². The predicted molar refractivity (Wildman–Crippen MR) is 234 cm³/mol. The zero-order chi connectivity index (χ0) is 36.9. The van der Waals surface area contributed by atoms with Gasteiger partial charge in [0.1, 0.15) is 12.2 Å². The van der Waals surface area contributed by atoms with Crippen molar-refractivity contribution in [2.24, 2.45) is 9.49 Å². The summed E-state index contributed by atoms with van der Waals surface area (Å²) >= 11 is 0. The maximum atomic E-state index is 6.74. The van der Waals surface area contributed by atoms with Crippen LogP contribution in [0.3, 0.4) is 0 Å². The highest BCUT2D eigenvalue weighted by molar-refractivity contribution is 7.88. The third-order valence-corrected chi connectivity index (χ3v) is 17.6. The molecule has 2 atom stereocenters. The van der Waals surface area contributed by atoms with Crippen molar-refractivity contribution in [1.82, 2.24) is 0 Å². The number of benzene rings is 8. The molecular weight excluding hydrogens is 707 g/mol. The van der Waals surface area contributed by atoms with Gasteiger partial charge in [-0.25, -0.2) is 0 Å². The summed E-state index contributed by atoms with van der Waals surface area (Å²) in [4.78, 5) is 0. The lowest BCUT2D eigenvalue weighted by atomic mass is 10.0. The number of ether oxygens (including phenoxy) is 1. The molecule has 55 heavy (non-hydrogen) atoms. The molecule has 1 aliphatic rings. The molecule has 1 heterocycles. The van der Waals surface area contributed by atoms with Crippen molar-refractivity contribution >= 4 is 57.3 Å². The summed E-state index contributed by atoms with van der Waals surface area (Å²) in [6.07, 6.45) is -0.336. The minimum absolute atomic E-state index is 0.168. The molecule has 5 heteroatoms. The standard InChI is InChI=1S/C50H40N2OP2/c1-7-23-39(24-8-1)54(40-25-9-2-10-26-40,41-27-11-3-12-28-41)51-47-37-21-19-35-45(47)49-50(53-49)46-36-20-22-38-48(46)52-55(42-29-13-4-14-30-42,43-31-15-5-16-32-43)44-33-17-6-18-34-44/h1-38,49-50H/t49-,50+. The van der Waals surface area contributed by atoms with Crippen LogP contribution < -0.4 is 31.8 Å². The number of hydrogen-bond acceptors (Lipinski definition) is 3. The molecule has 0 bridgehead atoms. The van der Waals surface area contributed by atoms with Crippen molar-refractivity contribution in [3.05, 3.63) is 242 Å². The van der Waals surface area contributed by atoms with E-state index in [1.807, 2.05) is 0 Å². The van der Waals surface area contributed by atoms with Crippen molar-refractivity contribution in [3.8, 4) is 0 Å². The van der Waals surface area contributed by atoms with Gasteiger partial charge in [-0.15, -0.1) is 0 Å². The Labute approximate surface area is 324 Å². The van der Waals surface area contributed by atoms with E-state index in [-0.39, 0.29) is 12.2 Å². The first-order valence-corrected chi connectivity index (χ1v) is 22.2. The molecule has 8 aromatic carbocycles. The number of nitrogens with zero attached hydrogens (tertiary/aromatic N) is 2. The molecule has 266 valence electrons. The molecule has 0 N–H and O–H groups in total. The molecule has 0 aromatic heterocycles. The smallest absolute Gasteiger partial charge is 0.116 e. The van der Waals surface area contributed by atoms with Crippen LogP contribution in [0.1, 0.15) is 23.3 Å². The predicted octanol–water partition coefficient (Wildman–Crippen LogP) is 11.1. The second kappa shape index (κ2) is 15.5. The lowest BCUT2D eigenvalue weighted by molar-refractivity contribution is 0.378. The van der Waals surface area contributed by atoms with Crippen molar-refractivity contribution in [2.45, 2.75) is 12.2 Å². The molecule has 0 unspecified atom stereocenters. The molecule has 0 saturated carbocycles. The average Bonchev–Trinajstić information content (AvgIpc) is 4.08. The Hall–Kier alpha value is -5.82. The molecule has 1 aliphatic heterocycles. The van der Waals surface area contributed by atoms with Gasteiger partial charge in [0.2, 0.25) is 0 Å². The summed E-state index contributed by atoms with van der Waals surface area (Å²) < 4.78 is 18.5. The Morgan fingerprint density at radius 2 is 0.491 bits per heavy atom. The molecule has 0 radical (unpaired) electrons. The number of rotatable bonds is 10. The largest absolute Gasteiger partial charge is 0.359 e. The van der Waals surface area contributed by atoms with Crippen LogP contribution in [0.4, 0.5) is 11.4 Å². The summed E-state index contributed by atoms with van der Waals surface area (Å²) in [6, 6.07) is 81.9. The van der Waals surface area contributed by atoms with E-state index < -0.39 is 14.1 Å². The van der Waals surface area contributed by atoms with E-state index in [1.54, 1.807) is 0 Å². The highest BCUT2D eigenvalue weighted by Crippen LogP contribution is 2.59. The highest BCUT2D eigenvalue weighted by Gasteiger charge is 2.44. The SMILES string of the molecule is c1ccc(P(=Nc2ccccc2[C@H]2O[C@H]2c2ccccc2N=P(c2ccccc2)(c2ccccc2)c2ccccc2)(c2ccccc2)c2ccccc2)cc1. The van der Waals surface area contributed by atoms with Crippen LogP contribution in [0.5, 0.6) is 0 Å². The van der Waals surface area contributed by atoms with Gasteiger partial charge in [0.05, 0.1) is 25.5 Å². The molecule has 3 nitrogen and oxygen atoms in total. The van der Waals surface area contributed by atoms with Crippen LogP contribution >= 0.6 is 14.1 Å². The fourth-order valence-corrected chi connectivity index (χ4v) is 14.8. The van der Waals surface area contributed by atoms with Crippen molar-refractivity contribution in [3.63, 3.8) is 0 Å². The van der Waals surface area contributed by atoms with Crippen molar-refractivity contribution < 1.29 is 4.74 Å². The second-order valence-electron chi connectivity index (χ2n) is 13.6. The van der Waals surface area contributed by atoms with E-state index in [4.69, 9.17) is 14.2 Å². The minimum atomic E-state index is -2.49. The van der Waals surface area contributed by atoms with Gasteiger partial charge >= 0.3 is 0 Å². The van der Waals surface area contributed by atoms with Crippen LogP contribution in [-0.4, -0.2) is 0 Å². The molecule has 9 rings (SSSR count). The van der Waals surface area contributed by atoms with Crippen LogP contribution in [-0.2, 0) is 4.74 Å².